The molecule has 0 radical (unpaired) electrons. The van der Waals surface area contributed by atoms with Gasteiger partial charge in [-0.05, 0) is 13.8 Å². The molecular formula is C4H15NO5S. The van der Waals surface area contributed by atoms with Gasteiger partial charge in [0.15, 0.2) is 0 Å². The van der Waals surface area contributed by atoms with Gasteiger partial charge >= 0.3 is 10.3 Å². The third-order valence-corrected chi connectivity index (χ3v) is 0. The molecule has 0 rings (SSSR count). The second kappa shape index (κ2) is 12.5. The molecule has 0 aliphatic rings. The lowest BCUT2D eigenvalue weighted by atomic mass is 10.9. The van der Waals surface area contributed by atoms with Crippen molar-refractivity contribution in [3.63, 3.8) is 0 Å². The second-order valence-corrected chi connectivity index (χ2v) is 2.18. The van der Waals surface area contributed by atoms with E-state index >= 15 is 0 Å². The van der Waals surface area contributed by atoms with Crippen LogP contribution in [0.5, 0.6) is 0 Å². The maximum absolute atomic E-state index is 8.97. The maximum atomic E-state index is 8.97. The molecule has 0 aliphatic heterocycles. The summed E-state index contributed by atoms with van der Waals surface area (Å²) in [5, 5.41) is 19.0. The van der Waals surface area contributed by atoms with E-state index in [0.29, 0.717) is 0 Å². The largest absolute Gasteiger partial charge is 0.397 e. The van der Waals surface area contributed by atoms with Gasteiger partial charge in [0, 0.05) is 13.2 Å². The molecule has 5 N–H and O–H groups in total. The lowest BCUT2D eigenvalue weighted by molar-refractivity contribution is 0.318. The van der Waals surface area contributed by atoms with Crippen molar-refractivity contribution in [1.29, 1.82) is 0 Å². The van der Waals surface area contributed by atoms with Crippen LogP contribution < -0.4 is 5.14 Å². The van der Waals surface area contributed by atoms with E-state index in [1.807, 2.05) is 0 Å². The number of rotatable bonds is 0. The fourth-order valence-corrected chi connectivity index (χ4v) is 0. The molecule has 72 valence electrons. The van der Waals surface area contributed by atoms with Crippen LogP contribution in [0, 0.1) is 0 Å². The molecule has 0 unspecified atom stereocenters. The zero-order chi connectivity index (χ0) is 9.91. The standard InChI is InChI=1S/2C2H6O.H3NO3S/c2*1-2-3;1-5(2,3)4/h2*3H,2H2,1H3;(H3,1,2,3,4). The van der Waals surface area contributed by atoms with Crippen molar-refractivity contribution in [2.45, 2.75) is 13.8 Å². The van der Waals surface area contributed by atoms with Crippen LogP contribution in [0.3, 0.4) is 0 Å². The molecule has 11 heavy (non-hydrogen) atoms. The van der Waals surface area contributed by atoms with Crippen LogP contribution in [0.4, 0.5) is 0 Å². The number of aliphatic hydroxyl groups excluding tert-OH is 2. The maximum Gasteiger partial charge on any atom is 0.330 e. The Kier molecular flexibility index (Phi) is 19.3. The van der Waals surface area contributed by atoms with E-state index in [-0.39, 0.29) is 13.2 Å². The zero-order valence-electron chi connectivity index (χ0n) is 6.56. The molecule has 0 bridgehead atoms. The van der Waals surface area contributed by atoms with Crippen molar-refractivity contribution >= 4 is 10.3 Å². The first kappa shape index (κ1) is 17.0. The topological polar surface area (TPSA) is 121 Å². The highest BCUT2D eigenvalue weighted by atomic mass is 32.2. The third-order valence-electron chi connectivity index (χ3n) is 0. The van der Waals surface area contributed by atoms with Gasteiger partial charge in [0.25, 0.3) is 0 Å². The van der Waals surface area contributed by atoms with Crippen molar-refractivity contribution in [2.24, 2.45) is 5.14 Å². The predicted molar refractivity (Wildman–Crippen MR) is 41.3 cm³/mol. The van der Waals surface area contributed by atoms with Crippen LogP contribution in [-0.2, 0) is 10.3 Å². The first-order valence-electron chi connectivity index (χ1n) is 2.80. The number of nitrogens with two attached hydrogens (primary N) is 1. The molecule has 0 aromatic heterocycles. The van der Waals surface area contributed by atoms with Crippen molar-refractivity contribution in [3.05, 3.63) is 0 Å². The number of hydrogen-bond acceptors (Lipinski definition) is 4. The minimum atomic E-state index is -4.17. The summed E-state index contributed by atoms with van der Waals surface area (Å²) in [5.41, 5.74) is 0. The van der Waals surface area contributed by atoms with Crippen LogP contribution in [-0.4, -0.2) is 36.4 Å². The number of aliphatic hydroxyl groups is 2. The minimum Gasteiger partial charge on any atom is -0.397 e. The summed E-state index contributed by atoms with van der Waals surface area (Å²) in [6.45, 7) is 3.86. The normalized spacial score (nSPS) is 8.55. The Bertz CT molecular complexity index is 121. The van der Waals surface area contributed by atoms with Crippen molar-refractivity contribution in [1.82, 2.24) is 0 Å². The molecular weight excluding hydrogens is 174 g/mol. The van der Waals surface area contributed by atoms with Gasteiger partial charge in [-0.25, -0.2) is 5.14 Å². The van der Waals surface area contributed by atoms with Crippen LogP contribution >= 0.6 is 0 Å². The van der Waals surface area contributed by atoms with Crippen LogP contribution in [0.25, 0.3) is 0 Å². The summed E-state index contributed by atoms with van der Waals surface area (Å²) in [4.78, 5) is 0. The lowest BCUT2D eigenvalue weighted by Crippen LogP contribution is -2.08. The summed E-state index contributed by atoms with van der Waals surface area (Å²) in [6.07, 6.45) is 0. The van der Waals surface area contributed by atoms with Gasteiger partial charge in [-0.1, -0.05) is 0 Å². The molecule has 0 spiro atoms. The van der Waals surface area contributed by atoms with Gasteiger partial charge in [-0.3, -0.25) is 4.55 Å². The quantitative estimate of drug-likeness (QED) is 0.355. The highest BCUT2D eigenvalue weighted by molar-refractivity contribution is 7.83. The summed E-state index contributed by atoms with van der Waals surface area (Å²) < 4.78 is 25.2. The Morgan fingerprint density at radius 3 is 1.18 bits per heavy atom. The van der Waals surface area contributed by atoms with E-state index in [0.717, 1.165) is 0 Å². The summed E-state index contributed by atoms with van der Waals surface area (Å²) in [6, 6.07) is 0. The van der Waals surface area contributed by atoms with Crippen molar-refractivity contribution < 1.29 is 23.2 Å². The van der Waals surface area contributed by atoms with Crippen molar-refractivity contribution in [3.8, 4) is 0 Å². The molecule has 6 nitrogen and oxygen atoms in total. The van der Waals surface area contributed by atoms with Gasteiger partial charge < -0.3 is 10.2 Å². The van der Waals surface area contributed by atoms with E-state index in [4.69, 9.17) is 23.2 Å². The molecule has 0 fully saturated rings. The van der Waals surface area contributed by atoms with Gasteiger partial charge in [0.2, 0.25) is 0 Å². The first-order chi connectivity index (χ1) is 4.83. The Labute approximate surface area is 66.5 Å². The van der Waals surface area contributed by atoms with Crippen molar-refractivity contribution in [2.75, 3.05) is 13.2 Å². The fraction of sp³-hybridized carbons (Fsp3) is 1.00. The summed E-state index contributed by atoms with van der Waals surface area (Å²) in [5.74, 6) is 0. The average molecular weight is 189 g/mol. The fourth-order valence-electron chi connectivity index (χ4n) is 0. The molecule has 0 heterocycles. The van der Waals surface area contributed by atoms with E-state index in [9.17, 15) is 0 Å². The molecule has 0 aromatic rings. The monoisotopic (exact) mass is 189 g/mol. The summed E-state index contributed by atoms with van der Waals surface area (Å²) >= 11 is 0. The molecule has 7 heteroatoms. The molecule has 0 saturated heterocycles. The smallest absolute Gasteiger partial charge is 0.330 e. The van der Waals surface area contributed by atoms with Gasteiger partial charge in [-0.15, -0.1) is 0 Å². The van der Waals surface area contributed by atoms with E-state index in [1.165, 1.54) is 0 Å². The highest BCUT2D eigenvalue weighted by Crippen LogP contribution is 1.50. The van der Waals surface area contributed by atoms with Crippen LogP contribution in [0.2, 0.25) is 0 Å². The Morgan fingerprint density at radius 2 is 1.18 bits per heavy atom. The van der Waals surface area contributed by atoms with E-state index in [2.05, 4.69) is 5.14 Å². The summed E-state index contributed by atoms with van der Waals surface area (Å²) in [7, 11) is -4.17. The van der Waals surface area contributed by atoms with Crippen LogP contribution in [0.15, 0.2) is 0 Å². The number of hydrogen-bond donors (Lipinski definition) is 4. The van der Waals surface area contributed by atoms with Gasteiger partial charge in [0.1, 0.15) is 0 Å². The minimum absolute atomic E-state index is 0.250. The third kappa shape index (κ3) is 13500. The van der Waals surface area contributed by atoms with E-state index < -0.39 is 10.3 Å². The Hall–Kier alpha value is -0.210. The Balaban J connectivity index is -0.0000000933. The zero-order valence-corrected chi connectivity index (χ0v) is 7.37. The van der Waals surface area contributed by atoms with E-state index in [1.54, 1.807) is 13.8 Å². The van der Waals surface area contributed by atoms with Gasteiger partial charge in [-0.2, -0.15) is 8.42 Å². The molecule has 0 aliphatic carbocycles. The lowest BCUT2D eigenvalue weighted by Gasteiger charge is -1.70. The SMILES string of the molecule is CCO.CCO.NS(=O)(=O)O. The molecule has 0 saturated carbocycles. The second-order valence-electron chi connectivity index (χ2n) is 1.15. The average Bonchev–Trinajstić information content (AvgIpc) is 1.62. The highest BCUT2D eigenvalue weighted by Gasteiger charge is 1.81. The molecule has 0 aromatic carbocycles. The Morgan fingerprint density at radius 1 is 1.18 bits per heavy atom. The first-order valence-corrected chi connectivity index (χ1v) is 4.30. The van der Waals surface area contributed by atoms with Gasteiger partial charge in [0.05, 0.1) is 0 Å². The predicted octanol–water partition coefficient (Wildman–Crippen LogP) is -1.25. The molecule has 0 amide bonds. The molecule has 0 atom stereocenters. The van der Waals surface area contributed by atoms with Crippen LogP contribution in [0.1, 0.15) is 13.8 Å².